The number of nitrogen functional groups attached to an aromatic ring is 1. The first-order valence-corrected chi connectivity index (χ1v) is 13.0. The van der Waals surface area contributed by atoms with Crippen molar-refractivity contribution >= 4 is 58.1 Å². The molecule has 0 unspecified atom stereocenters. The highest BCUT2D eigenvalue weighted by atomic mass is 79.9. The molecule has 0 fully saturated rings. The maximum Gasteiger partial charge on any atom is 0.191 e. The van der Waals surface area contributed by atoms with Crippen molar-refractivity contribution in [3.8, 4) is 0 Å². The van der Waals surface area contributed by atoms with Crippen LogP contribution in [0.2, 0.25) is 23.3 Å². The van der Waals surface area contributed by atoms with Gasteiger partial charge in [-0.25, -0.2) is 4.98 Å². The highest BCUT2D eigenvalue weighted by Gasteiger charge is 2.36. The second kappa shape index (κ2) is 8.46. The monoisotopic (exact) mass is 457 g/mol. The van der Waals surface area contributed by atoms with Crippen molar-refractivity contribution in [2.45, 2.75) is 51.7 Å². The molecule has 0 amide bonds. The van der Waals surface area contributed by atoms with Gasteiger partial charge in [-0.3, -0.25) is 0 Å². The maximum atomic E-state index is 6.22. The van der Waals surface area contributed by atoms with E-state index in [4.69, 9.17) is 21.8 Å². The van der Waals surface area contributed by atoms with Crippen molar-refractivity contribution in [2.75, 3.05) is 24.2 Å². The second-order valence-electron chi connectivity index (χ2n) is 8.10. The smallest absolute Gasteiger partial charge is 0.191 e. The van der Waals surface area contributed by atoms with Crippen LogP contribution in [-0.2, 0) is 4.43 Å². The minimum Gasteiger partial charge on any atom is -0.417 e. The van der Waals surface area contributed by atoms with Crippen molar-refractivity contribution in [3.05, 3.63) is 27.8 Å². The molecule has 0 spiro atoms. The summed E-state index contributed by atoms with van der Waals surface area (Å²) in [5, 5.41) is 4.99. The molecule has 1 aromatic heterocycles. The number of rotatable bonds is 7. The number of nitrogens with one attached hydrogen (secondary N) is 1. The van der Waals surface area contributed by atoms with E-state index in [1.807, 2.05) is 18.2 Å². The largest absolute Gasteiger partial charge is 0.417 e. The number of pyridine rings is 1. The number of halogens is 2. The van der Waals surface area contributed by atoms with Crippen LogP contribution in [-0.4, -0.2) is 26.5 Å². The lowest BCUT2D eigenvalue weighted by Crippen LogP contribution is -2.41. The number of benzene rings is 1. The molecule has 1 aromatic carbocycles. The Morgan fingerprint density at radius 2 is 1.96 bits per heavy atom. The summed E-state index contributed by atoms with van der Waals surface area (Å²) >= 11 is 9.69. The Labute approximate surface area is 171 Å². The maximum absolute atomic E-state index is 6.22. The SMILES string of the molecule is CC(C)(C)[Si](C)(C)OCCCCNc1c(N)c(Cl)nc2ccc(Br)cc12. The summed E-state index contributed by atoms with van der Waals surface area (Å²) in [5.74, 6) is 0. The topological polar surface area (TPSA) is 60.2 Å². The van der Waals surface area contributed by atoms with Crippen LogP contribution in [0.3, 0.4) is 0 Å². The van der Waals surface area contributed by atoms with E-state index in [0.717, 1.165) is 47.1 Å². The quantitative estimate of drug-likeness (QED) is 0.284. The van der Waals surface area contributed by atoms with Crippen LogP contribution in [0.4, 0.5) is 11.4 Å². The predicted molar refractivity (Wildman–Crippen MR) is 120 cm³/mol. The molecule has 0 saturated heterocycles. The van der Waals surface area contributed by atoms with E-state index in [1.54, 1.807) is 0 Å². The fourth-order valence-corrected chi connectivity index (χ4v) is 4.03. The zero-order chi connectivity index (χ0) is 19.5. The van der Waals surface area contributed by atoms with Crippen molar-refractivity contribution in [1.29, 1.82) is 0 Å². The summed E-state index contributed by atoms with van der Waals surface area (Å²) < 4.78 is 7.21. The molecule has 26 heavy (non-hydrogen) atoms. The van der Waals surface area contributed by atoms with Gasteiger partial charge in [-0.2, -0.15) is 0 Å². The van der Waals surface area contributed by atoms with Gasteiger partial charge in [-0.05, 0) is 49.2 Å². The third kappa shape index (κ3) is 5.12. The first kappa shape index (κ1) is 21.5. The zero-order valence-corrected chi connectivity index (χ0v) is 19.6. The number of nitrogens with zero attached hydrogens (tertiary/aromatic N) is 1. The van der Waals surface area contributed by atoms with Gasteiger partial charge in [0.25, 0.3) is 0 Å². The van der Waals surface area contributed by atoms with Gasteiger partial charge >= 0.3 is 0 Å². The Hall–Kier alpha value is -0.823. The summed E-state index contributed by atoms with van der Waals surface area (Å²) in [6, 6.07) is 5.89. The van der Waals surface area contributed by atoms with Gasteiger partial charge in [0, 0.05) is 23.0 Å². The van der Waals surface area contributed by atoms with Crippen LogP contribution >= 0.6 is 27.5 Å². The standard InChI is InChI=1S/C19H29BrClN3OSi/c1-19(2,3)26(4,5)25-11-7-6-10-23-17-14-12-13(20)8-9-15(14)24-18(21)16(17)22/h8-9,12H,6-7,10-11,22H2,1-5H3,(H,23,24). The van der Waals surface area contributed by atoms with Crippen molar-refractivity contribution in [1.82, 2.24) is 4.98 Å². The Bertz CT molecular complexity index is 777. The third-order valence-electron chi connectivity index (χ3n) is 5.08. The number of anilines is 2. The van der Waals surface area contributed by atoms with E-state index < -0.39 is 8.32 Å². The van der Waals surface area contributed by atoms with Crippen LogP contribution in [0.15, 0.2) is 22.7 Å². The summed E-state index contributed by atoms with van der Waals surface area (Å²) in [6.07, 6.45) is 2.02. The first-order valence-electron chi connectivity index (χ1n) is 8.95. The van der Waals surface area contributed by atoms with Crippen molar-refractivity contribution in [2.24, 2.45) is 0 Å². The van der Waals surface area contributed by atoms with Crippen molar-refractivity contribution < 1.29 is 4.43 Å². The van der Waals surface area contributed by atoms with Gasteiger partial charge in [-0.1, -0.05) is 48.3 Å². The molecular weight excluding hydrogens is 430 g/mol. The number of hydrogen-bond acceptors (Lipinski definition) is 4. The number of nitrogens with two attached hydrogens (primary N) is 1. The van der Waals surface area contributed by atoms with E-state index in [1.165, 1.54) is 0 Å². The molecule has 3 N–H and O–H groups in total. The number of aromatic nitrogens is 1. The lowest BCUT2D eigenvalue weighted by atomic mass is 10.1. The average Bonchev–Trinajstić information content (AvgIpc) is 2.53. The van der Waals surface area contributed by atoms with Crippen LogP contribution < -0.4 is 11.1 Å². The van der Waals surface area contributed by atoms with E-state index in [0.29, 0.717) is 10.8 Å². The second-order valence-corrected chi connectivity index (χ2v) is 14.2. The highest BCUT2D eigenvalue weighted by Crippen LogP contribution is 2.37. The van der Waals surface area contributed by atoms with Crippen LogP contribution in [0.1, 0.15) is 33.6 Å². The summed E-state index contributed by atoms with van der Waals surface area (Å²) in [5.41, 5.74) is 8.33. The predicted octanol–water partition coefficient (Wildman–Crippen LogP) is 6.45. The molecule has 1 heterocycles. The van der Waals surface area contributed by atoms with Gasteiger partial charge < -0.3 is 15.5 Å². The van der Waals surface area contributed by atoms with Gasteiger partial charge in [0.05, 0.1) is 16.9 Å². The molecule has 4 nitrogen and oxygen atoms in total. The molecule has 144 valence electrons. The van der Waals surface area contributed by atoms with Crippen LogP contribution in [0.5, 0.6) is 0 Å². The third-order valence-corrected chi connectivity index (χ3v) is 10.4. The van der Waals surface area contributed by atoms with E-state index in [-0.39, 0.29) is 5.04 Å². The Balaban J connectivity index is 1.94. The Kier molecular flexibility index (Phi) is 6.99. The minimum absolute atomic E-state index is 0.250. The lowest BCUT2D eigenvalue weighted by molar-refractivity contribution is 0.280. The molecular formula is C19H29BrClN3OSi. The van der Waals surface area contributed by atoms with Gasteiger partial charge in [0.2, 0.25) is 0 Å². The zero-order valence-electron chi connectivity index (χ0n) is 16.2. The minimum atomic E-state index is -1.66. The summed E-state index contributed by atoms with van der Waals surface area (Å²) in [6.45, 7) is 13.0. The van der Waals surface area contributed by atoms with Crippen molar-refractivity contribution in [3.63, 3.8) is 0 Å². The van der Waals surface area contributed by atoms with Gasteiger partial charge in [0.1, 0.15) is 0 Å². The molecule has 0 radical (unpaired) electrons. The molecule has 0 atom stereocenters. The summed E-state index contributed by atoms with van der Waals surface area (Å²) in [7, 11) is -1.66. The fourth-order valence-electron chi connectivity index (χ4n) is 2.39. The molecule has 0 saturated carbocycles. The molecule has 2 rings (SSSR count). The lowest BCUT2D eigenvalue weighted by Gasteiger charge is -2.36. The van der Waals surface area contributed by atoms with E-state index >= 15 is 0 Å². The molecule has 0 aliphatic carbocycles. The van der Waals surface area contributed by atoms with E-state index in [2.05, 4.69) is 60.1 Å². The molecule has 0 bridgehead atoms. The summed E-state index contributed by atoms with van der Waals surface area (Å²) in [4.78, 5) is 4.35. The number of fused-ring (bicyclic) bond motifs is 1. The normalized spacial score (nSPS) is 12.6. The molecule has 7 heteroatoms. The number of hydrogen-bond donors (Lipinski definition) is 2. The van der Waals surface area contributed by atoms with Gasteiger partial charge in [0.15, 0.2) is 13.5 Å². The molecule has 0 aliphatic heterocycles. The van der Waals surface area contributed by atoms with Crippen LogP contribution in [0, 0.1) is 0 Å². The van der Waals surface area contributed by atoms with Crippen LogP contribution in [0.25, 0.3) is 10.9 Å². The van der Waals surface area contributed by atoms with E-state index in [9.17, 15) is 0 Å². The Morgan fingerprint density at radius 1 is 1.27 bits per heavy atom. The molecule has 2 aromatic rings. The number of unbranched alkanes of at least 4 members (excludes halogenated alkanes) is 1. The Morgan fingerprint density at radius 3 is 2.62 bits per heavy atom. The fraction of sp³-hybridized carbons (Fsp3) is 0.526. The highest BCUT2D eigenvalue weighted by molar-refractivity contribution is 9.10. The van der Waals surface area contributed by atoms with Gasteiger partial charge in [-0.15, -0.1) is 0 Å². The average molecular weight is 459 g/mol. The molecule has 0 aliphatic rings. The first-order chi connectivity index (χ1) is 12.0.